The maximum Gasteiger partial charge on any atom is 0.123 e. The molecule has 0 saturated carbocycles. The Morgan fingerprint density at radius 1 is 1.37 bits per heavy atom. The molecule has 1 heterocycles. The molecule has 19 heavy (non-hydrogen) atoms. The van der Waals surface area contributed by atoms with E-state index in [1.807, 2.05) is 13.0 Å². The maximum absolute atomic E-state index is 13.4. The molecule has 1 nitrogen and oxygen atoms in total. The highest BCUT2D eigenvalue weighted by atomic mass is 79.9. The lowest BCUT2D eigenvalue weighted by Gasteiger charge is -2.18. The molecule has 1 aromatic carbocycles. The Morgan fingerprint density at radius 3 is 2.79 bits per heavy atom. The molecule has 1 unspecified atom stereocenters. The van der Waals surface area contributed by atoms with Crippen LogP contribution in [0.5, 0.6) is 0 Å². The van der Waals surface area contributed by atoms with Gasteiger partial charge in [0.1, 0.15) is 5.82 Å². The van der Waals surface area contributed by atoms with Crippen LogP contribution < -0.4 is 5.32 Å². The summed E-state index contributed by atoms with van der Waals surface area (Å²) in [5, 5.41) is 5.62. The molecule has 2 rings (SSSR count). The van der Waals surface area contributed by atoms with Crippen LogP contribution in [0.3, 0.4) is 0 Å². The Morgan fingerprint density at radius 2 is 2.16 bits per heavy atom. The quantitative estimate of drug-likeness (QED) is 0.819. The summed E-state index contributed by atoms with van der Waals surface area (Å²) in [5.41, 5.74) is 3.45. The van der Waals surface area contributed by atoms with E-state index >= 15 is 0 Å². The van der Waals surface area contributed by atoms with Gasteiger partial charge in [0.05, 0.1) is 3.79 Å². The van der Waals surface area contributed by atoms with Gasteiger partial charge in [0.15, 0.2) is 0 Å². The number of thiophene rings is 1. The fourth-order valence-electron chi connectivity index (χ4n) is 2.14. The van der Waals surface area contributed by atoms with Crippen molar-refractivity contribution in [1.82, 2.24) is 5.32 Å². The first-order valence-corrected chi connectivity index (χ1v) is 7.99. The van der Waals surface area contributed by atoms with Crippen LogP contribution in [0.1, 0.15) is 29.7 Å². The number of hydrogen-bond donors (Lipinski definition) is 1. The minimum absolute atomic E-state index is 0.164. The molecule has 0 saturated heterocycles. The first kappa shape index (κ1) is 14.7. The van der Waals surface area contributed by atoms with E-state index in [1.54, 1.807) is 17.4 Å². The minimum atomic E-state index is -0.164. The Hall–Kier alpha value is -0.710. The normalized spacial score (nSPS) is 12.6. The van der Waals surface area contributed by atoms with Crippen molar-refractivity contribution >= 4 is 27.3 Å². The van der Waals surface area contributed by atoms with Crippen molar-refractivity contribution in [3.8, 4) is 0 Å². The van der Waals surface area contributed by atoms with Gasteiger partial charge in [-0.2, -0.15) is 0 Å². The van der Waals surface area contributed by atoms with E-state index in [2.05, 4.69) is 39.6 Å². The fraction of sp³-hybridized carbons (Fsp3) is 0.333. The van der Waals surface area contributed by atoms with Gasteiger partial charge in [0, 0.05) is 6.04 Å². The van der Waals surface area contributed by atoms with E-state index in [-0.39, 0.29) is 11.9 Å². The van der Waals surface area contributed by atoms with Crippen LogP contribution in [0, 0.1) is 12.7 Å². The number of benzene rings is 1. The Labute approximate surface area is 126 Å². The third-order valence-electron chi connectivity index (χ3n) is 3.18. The molecule has 0 bridgehead atoms. The Kier molecular flexibility index (Phi) is 5.13. The first-order chi connectivity index (χ1) is 9.10. The molecule has 0 aliphatic rings. The summed E-state index contributed by atoms with van der Waals surface area (Å²) >= 11 is 5.17. The predicted molar refractivity (Wildman–Crippen MR) is 83.3 cm³/mol. The summed E-state index contributed by atoms with van der Waals surface area (Å²) in [6, 6.07) is 7.36. The van der Waals surface area contributed by atoms with Crippen molar-refractivity contribution in [2.24, 2.45) is 0 Å². The van der Waals surface area contributed by atoms with E-state index in [0.717, 1.165) is 27.9 Å². The van der Waals surface area contributed by atoms with Crippen LogP contribution in [0.2, 0.25) is 0 Å². The Bertz CT molecular complexity index is 553. The molecule has 0 radical (unpaired) electrons. The lowest BCUT2D eigenvalue weighted by atomic mass is 9.97. The van der Waals surface area contributed by atoms with Gasteiger partial charge >= 0.3 is 0 Å². The Balaban J connectivity index is 2.23. The molecule has 0 spiro atoms. The van der Waals surface area contributed by atoms with E-state index in [9.17, 15) is 4.39 Å². The van der Waals surface area contributed by atoms with E-state index in [4.69, 9.17) is 0 Å². The number of nitrogens with one attached hydrogen (secondary N) is 1. The van der Waals surface area contributed by atoms with Crippen molar-refractivity contribution in [2.75, 3.05) is 6.54 Å². The second-order valence-corrected chi connectivity index (χ2v) is 6.86. The largest absolute Gasteiger partial charge is 0.310 e. The standard InChI is InChI=1S/C15H17BrFNS/c1-3-18-14(12-8-15(16)19-9-12)7-11-6-13(17)5-4-10(11)2/h4-6,8-9,14,18H,3,7H2,1-2H3. The van der Waals surface area contributed by atoms with E-state index in [0.29, 0.717) is 0 Å². The number of aryl methyl sites for hydroxylation is 1. The molecule has 0 amide bonds. The second kappa shape index (κ2) is 6.64. The molecule has 1 N–H and O–H groups in total. The zero-order chi connectivity index (χ0) is 13.8. The van der Waals surface area contributed by atoms with Crippen LogP contribution >= 0.6 is 27.3 Å². The summed E-state index contributed by atoms with van der Waals surface area (Å²) in [5.74, 6) is -0.164. The summed E-state index contributed by atoms with van der Waals surface area (Å²) < 4.78 is 14.5. The first-order valence-electron chi connectivity index (χ1n) is 6.32. The molecule has 2 aromatic rings. The number of halogens is 2. The number of rotatable bonds is 5. The van der Waals surface area contributed by atoms with Crippen molar-refractivity contribution < 1.29 is 4.39 Å². The summed E-state index contributed by atoms with van der Waals surface area (Å²) in [6.45, 7) is 5.01. The molecule has 0 aliphatic heterocycles. The van der Waals surface area contributed by atoms with Gasteiger partial charge in [-0.05, 0) is 76.1 Å². The molecular formula is C15H17BrFNS. The molecule has 102 valence electrons. The molecule has 0 aliphatic carbocycles. The second-order valence-electron chi connectivity index (χ2n) is 4.57. The molecule has 1 aromatic heterocycles. The highest BCUT2D eigenvalue weighted by molar-refractivity contribution is 9.11. The van der Waals surface area contributed by atoms with Crippen molar-refractivity contribution in [1.29, 1.82) is 0 Å². The average Bonchev–Trinajstić information content (AvgIpc) is 2.80. The summed E-state index contributed by atoms with van der Waals surface area (Å²) in [4.78, 5) is 0. The number of hydrogen-bond acceptors (Lipinski definition) is 2. The molecule has 0 fully saturated rings. The van der Waals surface area contributed by atoms with Crippen molar-refractivity contribution in [2.45, 2.75) is 26.3 Å². The van der Waals surface area contributed by atoms with Crippen LogP contribution in [0.4, 0.5) is 4.39 Å². The van der Waals surface area contributed by atoms with Gasteiger partial charge in [-0.25, -0.2) is 4.39 Å². The van der Waals surface area contributed by atoms with Gasteiger partial charge < -0.3 is 5.32 Å². The van der Waals surface area contributed by atoms with Gasteiger partial charge in [-0.3, -0.25) is 0 Å². The van der Waals surface area contributed by atoms with Gasteiger partial charge in [0.2, 0.25) is 0 Å². The average molecular weight is 342 g/mol. The lowest BCUT2D eigenvalue weighted by Crippen LogP contribution is -2.22. The maximum atomic E-state index is 13.4. The van der Waals surface area contributed by atoms with Gasteiger partial charge in [-0.1, -0.05) is 13.0 Å². The highest BCUT2D eigenvalue weighted by Gasteiger charge is 2.14. The van der Waals surface area contributed by atoms with Crippen molar-refractivity contribution in [3.63, 3.8) is 0 Å². The smallest absolute Gasteiger partial charge is 0.123 e. The third-order valence-corrected chi connectivity index (χ3v) is 4.70. The lowest BCUT2D eigenvalue weighted by molar-refractivity contribution is 0.547. The van der Waals surface area contributed by atoms with Crippen LogP contribution in [-0.4, -0.2) is 6.54 Å². The minimum Gasteiger partial charge on any atom is -0.310 e. The van der Waals surface area contributed by atoms with Gasteiger partial charge in [-0.15, -0.1) is 11.3 Å². The fourth-order valence-corrected chi connectivity index (χ4v) is 3.37. The van der Waals surface area contributed by atoms with Gasteiger partial charge in [0.25, 0.3) is 0 Å². The molecular weight excluding hydrogens is 325 g/mol. The third kappa shape index (κ3) is 3.88. The van der Waals surface area contributed by atoms with Crippen LogP contribution in [0.25, 0.3) is 0 Å². The monoisotopic (exact) mass is 341 g/mol. The SMILES string of the molecule is CCNC(Cc1cc(F)ccc1C)c1csc(Br)c1. The van der Waals surface area contributed by atoms with Crippen LogP contribution in [-0.2, 0) is 6.42 Å². The van der Waals surface area contributed by atoms with E-state index < -0.39 is 0 Å². The number of likely N-dealkylation sites (N-methyl/N-ethyl adjacent to an activating group) is 1. The van der Waals surface area contributed by atoms with Crippen LogP contribution in [0.15, 0.2) is 33.4 Å². The zero-order valence-electron chi connectivity index (χ0n) is 11.0. The zero-order valence-corrected chi connectivity index (χ0v) is 13.4. The molecule has 4 heteroatoms. The summed E-state index contributed by atoms with van der Waals surface area (Å²) in [7, 11) is 0. The topological polar surface area (TPSA) is 12.0 Å². The summed E-state index contributed by atoms with van der Waals surface area (Å²) in [6.07, 6.45) is 0.806. The highest BCUT2D eigenvalue weighted by Crippen LogP contribution is 2.28. The molecule has 1 atom stereocenters. The predicted octanol–water partition coefficient (Wildman–Crippen LogP) is 4.85. The van der Waals surface area contributed by atoms with Crippen molar-refractivity contribution in [3.05, 3.63) is 55.9 Å². The van der Waals surface area contributed by atoms with E-state index in [1.165, 1.54) is 11.6 Å².